The maximum absolute atomic E-state index is 12.9. The van der Waals surface area contributed by atoms with Gasteiger partial charge in [-0.25, -0.2) is 0 Å². The first-order chi connectivity index (χ1) is 15.9. The predicted molar refractivity (Wildman–Crippen MR) is 131 cm³/mol. The molecule has 0 aliphatic heterocycles. The van der Waals surface area contributed by atoms with E-state index in [0.717, 1.165) is 16.8 Å². The van der Waals surface area contributed by atoms with Gasteiger partial charge in [0.25, 0.3) is 0 Å². The zero-order valence-corrected chi connectivity index (χ0v) is 18.7. The van der Waals surface area contributed by atoms with Crippen molar-refractivity contribution in [3.05, 3.63) is 111 Å². The third-order valence-corrected chi connectivity index (χ3v) is 5.56. The lowest BCUT2D eigenvalue weighted by atomic mass is 10.2. The predicted octanol–water partition coefficient (Wildman–Crippen LogP) is 2.59. The monoisotopic (exact) mass is 442 g/mol. The van der Waals surface area contributed by atoms with Crippen LogP contribution >= 0.6 is 0 Å². The average Bonchev–Trinajstić information content (AvgIpc) is 2.84. The summed E-state index contributed by atoms with van der Waals surface area (Å²) in [5.74, 6) is -0.334. The smallest absolute Gasteiger partial charge is 0.317 e. The normalized spacial score (nSPS) is 10.8. The van der Waals surface area contributed by atoms with Crippen LogP contribution < -0.4 is 21.3 Å². The number of hydrogen-bond donors (Lipinski definition) is 1. The first-order valence-electron chi connectivity index (χ1n) is 10.7. The minimum absolute atomic E-state index is 0.226. The van der Waals surface area contributed by atoms with E-state index in [4.69, 9.17) is 0 Å². The Balaban J connectivity index is 1.58. The standard InChI is InChI=1S/C26H26N4O3/c1-28(2)21-14-12-19(13-15-21)16-27-24(31)18-30-23-11-7-6-10-22(23)29(25(32)26(30)33)17-20-8-4-3-5-9-20/h3-15H,16-18H2,1-2H3,(H,27,31). The number of para-hydroxylation sites is 2. The molecule has 33 heavy (non-hydrogen) atoms. The highest BCUT2D eigenvalue weighted by molar-refractivity contribution is 5.80. The summed E-state index contributed by atoms with van der Waals surface area (Å²) < 4.78 is 2.72. The van der Waals surface area contributed by atoms with Gasteiger partial charge in [0.2, 0.25) is 5.91 Å². The van der Waals surface area contributed by atoms with Crippen molar-refractivity contribution in [2.45, 2.75) is 19.6 Å². The summed E-state index contributed by atoms with van der Waals surface area (Å²) in [6.07, 6.45) is 0. The molecule has 0 spiro atoms. The molecule has 0 aliphatic carbocycles. The van der Waals surface area contributed by atoms with Gasteiger partial charge in [-0.3, -0.25) is 23.5 Å². The van der Waals surface area contributed by atoms with Crippen molar-refractivity contribution in [2.75, 3.05) is 19.0 Å². The lowest BCUT2D eigenvalue weighted by Gasteiger charge is -2.15. The van der Waals surface area contributed by atoms with Crippen molar-refractivity contribution in [1.29, 1.82) is 0 Å². The number of nitrogens with zero attached hydrogens (tertiary/aromatic N) is 3. The van der Waals surface area contributed by atoms with Crippen LogP contribution in [-0.2, 0) is 24.4 Å². The molecular formula is C26H26N4O3. The Bertz CT molecular complexity index is 1390. The van der Waals surface area contributed by atoms with E-state index in [2.05, 4.69) is 5.32 Å². The van der Waals surface area contributed by atoms with Crippen molar-refractivity contribution >= 4 is 22.6 Å². The Morgan fingerprint density at radius 2 is 1.33 bits per heavy atom. The van der Waals surface area contributed by atoms with E-state index >= 15 is 0 Å². The molecule has 4 rings (SSSR count). The molecule has 4 aromatic rings. The van der Waals surface area contributed by atoms with Crippen molar-refractivity contribution < 1.29 is 4.79 Å². The van der Waals surface area contributed by atoms with Crippen molar-refractivity contribution in [1.82, 2.24) is 14.5 Å². The Labute approximate surface area is 191 Å². The molecule has 0 atom stereocenters. The van der Waals surface area contributed by atoms with E-state index in [1.807, 2.05) is 79.7 Å². The quantitative estimate of drug-likeness (QED) is 0.447. The molecule has 3 aromatic carbocycles. The molecule has 1 N–H and O–H groups in total. The SMILES string of the molecule is CN(C)c1ccc(CNC(=O)Cn2c(=O)c(=O)n(Cc3ccccc3)c3ccccc32)cc1. The highest BCUT2D eigenvalue weighted by atomic mass is 16.2. The molecule has 0 saturated heterocycles. The number of benzene rings is 3. The van der Waals surface area contributed by atoms with Gasteiger partial charge in [0.1, 0.15) is 6.54 Å². The number of carbonyl (C=O) groups excluding carboxylic acids is 1. The van der Waals surface area contributed by atoms with Crippen LogP contribution in [-0.4, -0.2) is 29.1 Å². The topological polar surface area (TPSA) is 76.3 Å². The summed E-state index contributed by atoms with van der Waals surface area (Å²) >= 11 is 0. The van der Waals surface area contributed by atoms with Crippen LogP contribution in [0.2, 0.25) is 0 Å². The van der Waals surface area contributed by atoms with E-state index in [9.17, 15) is 14.4 Å². The summed E-state index contributed by atoms with van der Waals surface area (Å²) in [5, 5.41) is 2.84. The van der Waals surface area contributed by atoms with Gasteiger partial charge >= 0.3 is 11.1 Å². The average molecular weight is 443 g/mol. The number of nitrogens with one attached hydrogen (secondary N) is 1. The minimum atomic E-state index is -0.713. The second kappa shape index (κ2) is 9.56. The molecule has 0 bridgehead atoms. The number of fused-ring (bicyclic) bond motifs is 1. The van der Waals surface area contributed by atoms with E-state index in [-0.39, 0.29) is 19.0 Å². The largest absolute Gasteiger partial charge is 0.378 e. The summed E-state index contributed by atoms with van der Waals surface area (Å²) in [5.41, 5.74) is 2.73. The molecule has 0 radical (unpaired) electrons. The molecule has 1 heterocycles. The molecule has 0 aliphatic rings. The number of rotatable bonds is 7. The van der Waals surface area contributed by atoms with Crippen LogP contribution in [0.5, 0.6) is 0 Å². The number of anilines is 1. The third-order valence-electron chi connectivity index (χ3n) is 5.56. The van der Waals surface area contributed by atoms with Crippen molar-refractivity contribution in [3.63, 3.8) is 0 Å². The molecular weight excluding hydrogens is 416 g/mol. The molecule has 1 amide bonds. The van der Waals surface area contributed by atoms with Gasteiger partial charge in [0.15, 0.2) is 0 Å². The lowest BCUT2D eigenvalue weighted by Crippen LogP contribution is -2.44. The van der Waals surface area contributed by atoms with Crippen LogP contribution in [0.25, 0.3) is 11.0 Å². The van der Waals surface area contributed by atoms with Crippen LogP contribution in [0, 0.1) is 0 Å². The van der Waals surface area contributed by atoms with E-state index in [1.165, 1.54) is 9.13 Å². The van der Waals surface area contributed by atoms with Gasteiger partial charge in [0, 0.05) is 26.3 Å². The Morgan fingerprint density at radius 3 is 1.97 bits per heavy atom. The molecule has 0 saturated carbocycles. The highest BCUT2D eigenvalue weighted by Gasteiger charge is 2.15. The third kappa shape index (κ3) is 4.87. The molecule has 0 fully saturated rings. The van der Waals surface area contributed by atoms with E-state index in [0.29, 0.717) is 17.6 Å². The number of carbonyl (C=O) groups is 1. The second-order valence-electron chi connectivity index (χ2n) is 8.09. The van der Waals surface area contributed by atoms with Crippen LogP contribution in [0.4, 0.5) is 5.69 Å². The fraction of sp³-hybridized carbons (Fsp3) is 0.192. The van der Waals surface area contributed by atoms with Crippen molar-refractivity contribution in [2.24, 2.45) is 0 Å². The van der Waals surface area contributed by atoms with Crippen molar-refractivity contribution in [3.8, 4) is 0 Å². The fourth-order valence-electron chi connectivity index (χ4n) is 3.76. The van der Waals surface area contributed by atoms with Gasteiger partial charge < -0.3 is 10.2 Å². The molecule has 7 heteroatoms. The first-order valence-corrected chi connectivity index (χ1v) is 10.7. The maximum atomic E-state index is 12.9. The molecule has 1 aromatic heterocycles. The zero-order chi connectivity index (χ0) is 23.4. The maximum Gasteiger partial charge on any atom is 0.317 e. The van der Waals surface area contributed by atoms with Gasteiger partial charge in [0.05, 0.1) is 17.6 Å². The van der Waals surface area contributed by atoms with E-state index < -0.39 is 11.1 Å². The highest BCUT2D eigenvalue weighted by Crippen LogP contribution is 2.13. The summed E-state index contributed by atoms with van der Waals surface area (Å²) in [7, 11) is 3.93. The second-order valence-corrected chi connectivity index (χ2v) is 8.09. The first kappa shape index (κ1) is 22.1. The molecule has 7 nitrogen and oxygen atoms in total. The van der Waals surface area contributed by atoms with Crippen LogP contribution in [0.3, 0.4) is 0 Å². The summed E-state index contributed by atoms with van der Waals surface area (Å²) in [4.78, 5) is 40.6. The zero-order valence-electron chi connectivity index (χ0n) is 18.7. The van der Waals surface area contributed by atoms with Gasteiger partial charge in [-0.2, -0.15) is 0 Å². The minimum Gasteiger partial charge on any atom is -0.378 e. The van der Waals surface area contributed by atoms with E-state index in [1.54, 1.807) is 18.2 Å². The number of amides is 1. The Morgan fingerprint density at radius 1 is 0.758 bits per heavy atom. The van der Waals surface area contributed by atoms with Crippen LogP contribution in [0.1, 0.15) is 11.1 Å². The Hall–Kier alpha value is -4.13. The number of hydrogen-bond acceptors (Lipinski definition) is 4. The fourth-order valence-corrected chi connectivity index (χ4v) is 3.76. The van der Waals surface area contributed by atoms with Gasteiger partial charge in [-0.15, -0.1) is 0 Å². The number of aromatic nitrogens is 2. The lowest BCUT2D eigenvalue weighted by molar-refractivity contribution is -0.121. The van der Waals surface area contributed by atoms with Gasteiger partial charge in [-0.1, -0.05) is 54.6 Å². The molecule has 168 valence electrons. The summed E-state index contributed by atoms with van der Waals surface area (Å²) in [6, 6.07) is 24.5. The van der Waals surface area contributed by atoms with Crippen LogP contribution in [0.15, 0.2) is 88.5 Å². The van der Waals surface area contributed by atoms with Gasteiger partial charge in [-0.05, 0) is 35.4 Å². The molecule has 0 unspecified atom stereocenters. The summed E-state index contributed by atoms with van der Waals surface area (Å²) in [6.45, 7) is 0.395. The Kier molecular flexibility index (Phi) is 6.40.